The molecule has 0 atom stereocenters. The molecule has 52 valence electrons. The van der Waals surface area contributed by atoms with Gasteiger partial charge in [-0.3, -0.25) is 4.72 Å². The SMILES string of the molecule is Clc1cccc2c1CNS2. The molecule has 0 spiro atoms. The monoisotopic (exact) mass is 171 g/mol. The Labute approximate surface area is 68.9 Å². The van der Waals surface area contributed by atoms with Crippen molar-refractivity contribution in [3.8, 4) is 0 Å². The molecular formula is C7H6ClNS. The van der Waals surface area contributed by atoms with Crippen molar-refractivity contribution in [2.24, 2.45) is 0 Å². The second-order valence-electron chi connectivity index (χ2n) is 2.14. The van der Waals surface area contributed by atoms with Gasteiger partial charge in [0.2, 0.25) is 0 Å². The summed E-state index contributed by atoms with van der Waals surface area (Å²) in [6, 6.07) is 5.97. The van der Waals surface area contributed by atoms with Crippen molar-refractivity contribution in [2.45, 2.75) is 11.4 Å². The highest BCUT2D eigenvalue weighted by Gasteiger charge is 2.12. The minimum atomic E-state index is 0.870. The quantitative estimate of drug-likeness (QED) is 0.602. The molecule has 0 aromatic heterocycles. The maximum absolute atomic E-state index is 5.92. The Morgan fingerprint density at radius 1 is 1.50 bits per heavy atom. The van der Waals surface area contributed by atoms with Crippen LogP contribution in [0, 0.1) is 0 Å². The third kappa shape index (κ3) is 0.926. The zero-order chi connectivity index (χ0) is 6.97. The summed E-state index contributed by atoms with van der Waals surface area (Å²) in [5.74, 6) is 0. The van der Waals surface area contributed by atoms with Gasteiger partial charge in [-0.25, -0.2) is 0 Å². The first-order valence-corrected chi connectivity index (χ1v) is 4.24. The zero-order valence-electron chi connectivity index (χ0n) is 5.23. The van der Waals surface area contributed by atoms with Crippen LogP contribution < -0.4 is 4.72 Å². The second kappa shape index (κ2) is 2.46. The molecule has 0 unspecified atom stereocenters. The van der Waals surface area contributed by atoms with E-state index in [2.05, 4.69) is 10.8 Å². The first-order valence-electron chi connectivity index (χ1n) is 3.05. The number of fused-ring (bicyclic) bond motifs is 1. The Hall–Kier alpha value is -0.180. The van der Waals surface area contributed by atoms with Crippen LogP contribution in [0.4, 0.5) is 0 Å². The van der Waals surface area contributed by atoms with Crippen LogP contribution in [0.25, 0.3) is 0 Å². The van der Waals surface area contributed by atoms with Gasteiger partial charge in [0.25, 0.3) is 0 Å². The van der Waals surface area contributed by atoms with Gasteiger partial charge in [-0.05, 0) is 24.1 Å². The molecule has 1 aromatic rings. The Balaban J connectivity index is 2.59. The average Bonchev–Trinajstić information content (AvgIpc) is 2.36. The highest BCUT2D eigenvalue weighted by Crippen LogP contribution is 2.31. The van der Waals surface area contributed by atoms with Gasteiger partial charge in [0.15, 0.2) is 0 Å². The van der Waals surface area contributed by atoms with Crippen LogP contribution in [-0.4, -0.2) is 0 Å². The lowest BCUT2D eigenvalue weighted by atomic mass is 10.2. The van der Waals surface area contributed by atoms with Gasteiger partial charge in [-0.1, -0.05) is 17.7 Å². The topological polar surface area (TPSA) is 12.0 Å². The molecule has 0 aliphatic carbocycles. The van der Waals surface area contributed by atoms with Gasteiger partial charge in [0.1, 0.15) is 0 Å². The van der Waals surface area contributed by atoms with E-state index in [0.29, 0.717) is 0 Å². The predicted molar refractivity (Wildman–Crippen MR) is 44.1 cm³/mol. The predicted octanol–water partition coefficient (Wildman–Crippen LogP) is 2.45. The van der Waals surface area contributed by atoms with Crippen LogP contribution in [0.5, 0.6) is 0 Å². The number of hydrogen-bond acceptors (Lipinski definition) is 2. The Bertz CT molecular complexity index is 262. The molecule has 0 fully saturated rings. The molecular weight excluding hydrogens is 166 g/mol. The normalized spacial score (nSPS) is 15.3. The van der Waals surface area contributed by atoms with Crippen LogP contribution in [0.1, 0.15) is 5.56 Å². The van der Waals surface area contributed by atoms with Crippen molar-refractivity contribution in [1.29, 1.82) is 0 Å². The van der Waals surface area contributed by atoms with E-state index in [4.69, 9.17) is 11.6 Å². The van der Waals surface area contributed by atoms with Gasteiger partial charge < -0.3 is 0 Å². The van der Waals surface area contributed by atoms with E-state index >= 15 is 0 Å². The number of halogens is 1. The number of nitrogens with one attached hydrogen (secondary N) is 1. The standard InChI is InChI=1S/C7H6ClNS/c8-6-2-1-3-7-5(6)4-9-10-7/h1-3,9H,4H2. The fourth-order valence-electron chi connectivity index (χ4n) is 0.992. The largest absolute Gasteiger partial charge is 0.255 e. The van der Waals surface area contributed by atoms with Gasteiger partial charge >= 0.3 is 0 Å². The summed E-state index contributed by atoms with van der Waals surface area (Å²) in [6.45, 7) is 0.889. The summed E-state index contributed by atoms with van der Waals surface area (Å²) in [7, 11) is 0. The lowest BCUT2D eigenvalue weighted by Gasteiger charge is -1.96. The summed E-state index contributed by atoms with van der Waals surface area (Å²) in [6.07, 6.45) is 0. The molecule has 0 saturated heterocycles. The Kier molecular flexibility index (Phi) is 1.60. The van der Waals surface area contributed by atoms with Crippen LogP contribution in [-0.2, 0) is 6.54 Å². The smallest absolute Gasteiger partial charge is 0.0462 e. The molecule has 1 aliphatic rings. The molecule has 1 N–H and O–H groups in total. The molecule has 1 heterocycles. The summed E-state index contributed by atoms with van der Waals surface area (Å²) >= 11 is 7.56. The average molecular weight is 172 g/mol. The van der Waals surface area contributed by atoms with E-state index in [0.717, 1.165) is 11.6 Å². The Morgan fingerprint density at radius 2 is 2.40 bits per heavy atom. The maximum Gasteiger partial charge on any atom is 0.0462 e. The fraction of sp³-hybridized carbons (Fsp3) is 0.143. The van der Waals surface area contributed by atoms with Gasteiger partial charge in [0, 0.05) is 22.0 Å². The van der Waals surface area contributed by atoms with Crippen molar-refractivity contribution >= 4 is 23.5 Å². The molecule has 0 bridgehead atoms. The van der Waals surface area contributed by atoms with E-state index in [1.807, 2.05) is 12.1 Å². The Morgan fingerprint density at radius 3 is 3.20 bits per heavy atom. The zero-order valence-corrected chi connectivity index (χ0v) is 6.80. The first-order chi connectivity index (χ1) is 4.88. The molecule has 0 amide bonds. The summed E-state index contributed by atoms with van der Waals surface area (Å²) in [5.41, 5.74) is 1.23. The molecule has 1 nitrogen and oxygen atoms in total. The summed E-state index contributed by atoms with van der Waals surface area (Å²) in [5, 5.41) is 0.870. The third-order valence-corrected chi connectivity index (χ3v) is 2.75. The molecule has 1 aliphatic heterocycles. The van der Waals surface area contributed by atoms with E-state index in [9.17, 15) is 0 Å². The summed E-state index contributed by atoms with van der Waals surface area (Å²) in [4.78, 5) is 1.26. The van der Waals surface area contributed by atoms with E-state index in [1.165, 1.54) is 10.5 Å². The van der Waals surface area contributed by atoms with Crippen molar-refractivity contribution in [3.05, 3.63) is 28.8 Å². The lowest BCUT2D eigenvalue weighted by molar-refractivity contribution is 0.995. The highest BCUT2D eigenvalue weighted by molar-refractivity contribution is 7.97. The molecule has 0 radical (unpaired) electrons. The van der Waals surface area contributed by atoms with Gasteiger partial charge in [-0.2, -0.15) is 0 Å². The molecule has 1 aromatic carbocycles. The van der Waals surface area contributed by atoms with Crippen LogP contribution in [0.15, 0.2) is 23.1 Å². The summed E-state index contributed by atoms with van der Waals surface area (Å²) < 4.78 is 3.16. The van der Waals surface area contributed by atoms with Gasteiger partial charge in [0.05, 0.1) is 0 Å². The fourth-order valence-corrected chi connectivity index (χ4v) is 2.11. The minimum Gasteiger partial charge on any atom is -0.255 e. The van der Waals surface area contributed by atoms with Crippen molar-refractivity contribution in [1.82, 2.24) is 4.72 Å². The second-order valence-corrected chi connectivity index (χ2v) is 3.48. The van der Waals surface area contributed by atoms with Crippen LogP contribution in [0.2, 0.25) is 5.02 Å². The first kappa shape index (κ1) is 6.53. The molecule has 2 rings (SSSR count). The number of rotatable bonds is 0. The van der Waals surface area contributed by atoms with Crippen molar-refractivity contribution in [2.75, 3.05) is 0 Å². The lowest BCUT2D eigenvalue weighted by Crippen LogP contribution is -1.92. The third-order valence-electron chi connectivity index (χ3n) is 1.51. The number of hydrogen-bond donors (Lipinski definition) is 1. The van der Waals surface area contributed by atoms with Crippen molar-refractivity contribution in [3.63, 3.8) is 0 Å². The molecule has 3 heteroatoms. The minimum absolute atomic E-state index is 0.870. The van der Waals surface area contributed by atoms with E-state index in [-0.39, 0.29) is 0 Å². The van der Waals surface area contributed by atoms with Crippen molar-refractivity contribution < 1.29 is 0 Å². The highest BCUT2D eigenvalue weighted by atomic mass is 35.5. The number of benzene rings is 1. The molecule has 0 saturated carbocycles. The van der Waals surface area contributed by atoms with Crippen LogP contribution in [0.3, 0.4) is 0 Å². The van der Waals surface area contributed by atoms with Gasteiger partial charge in [-0.15, -0.1) is 0 Å². The van der Waals surface area contributed by atoms with E-state index < -0.39 is 0 Å². The molecule has 10 heavy (non-hydrogen) atoms. The maximum atomic E-state index is 5.92. The van der Waals surface area contributed by atoms with Crippen LogP contribution >= 0.6 is 23.5 Å². The van der Waals surface area contributed by atoms with E-state index in [1.54, 1.807) is 11.9 Å².